The van der Waals surface area contributed by atoms with Crippen LogP contribution in [0, 0.1) is 22.7 Å². The Morgan fingerprint density at radius 2 is 1.88 bits per heavy atom. The molecule has 2 aliphatic heterocycles. The van der Waals surface area contributed by atoms with E-state index in [1.807, 2.05) is 12.1 Å². The molecule has 7 nitrogen and oxygen atoms in total. The van der Waals surface area contributed by atoms with Gasteiger partial charge in [-0.05, 0) is 76.0 Å². The summed E-state index contributed by atoms with van der Waals surface area (Å²) in [6, 6.07) is 8.13. The summed E-state index contributed by atoms with van der Waals surface area (Å²) in [4.78, 5) is 30.2. The fourth-order valence-electron chi connectivity index (χ4n) is 6.18. The topological polar surface area (TPSA) is 96.7 Å². The summed E-state index contributed by atoms with van der Waals surface area (Å²) in [5, 5.41) is 22.6. The van der Waals surface area contributed by atoms with E-state index in [0.717, 1.165) is 83.0 Å². The molecule has 5 rings (SSSR count). The molecule has 2 heterocycles. The van der Waals surface area contributed by atoms with E-state index in [1.165, 1.54) is 0 Å². The molecule has 0 aromatic heterocycles. The predicted molar refractivity (Wildman–Crippen MR) is 126 cm³/mol. The van der Waals surface area contributed by atoms with Crippen molar-refractivity contribution in [1.29, 1.82) is 5.26 Å². The maximum atomic E-state index is 13.6. The Hall–Kier alpha value is -2.59. The van der Waals surface area contributed by atoms with Gasteiger partial charge in [0.15, 0.2) is 0 Å². The minimum absolute atomic E-state index is 0.0432. The van der Waals surface area contributed by atoms with Gasteiger partial charge in [-0.2, -0.15) is 5.26 Å². The molecule has 0 bridgehead atoms. The van der Waals surface area contributed by atoms with Crippen LogP contribution in [0.3, 0.4) is 0 Å². The van der Waals surface area contributed by atoms with Crippen LogP contribution in [-0.2, 0) is 9.59 Å². The fraction of sp³-hybridized carbons (Fsp3) is 0.654. The van der Waals surface area contributed by atoms with Gasteiger partial charge >= 0.3 is 0 Å². The fourth-order valence-corrected chi connectivity index (χ4v) is 6.18. The van der Waals surface area contributed by atoms with Crippen LogP contribution in [0.1, 0.15) is 69.8 Å². The molecule has 2 aliphatic carbocycles. The highest BCUT2D eigenvalue weighted by molar-refractivity contribution is 5.93. The van der Waals surface area contributed by atoms with Gasteiger partial charge in [0.1, 0.15) is 6.07 Å². The second kappa shape index (κ2) is 8.98. The van der Waals surface area contributed by atoms with E-state index in [9.17, 15) is 20.0 Å². The second-order valence-corrected chi connectivity index (χ2v) is 10.5. The molecule has 4 fully saturated rings. The molecule has 1 unspecified atom stereocenters. The predicted octanol–water partition coefficient (Wildman–Crippen LogP) is 3.42. The number of carbonyl (C=O) groups excluding carboxylic acids is 2. The Morgan fingerprint density at radius 1 is 1.09 bits per heavy atom. The molecule has 176 valence electrons. The van der Waals surface area contributed by atoms with Gasteiger partial charge in [-0.15, -0.1) is 0 Å². The first-order valence-corrected chi connectivity index (χ1v) is 12.6. The first-order chi connectivity index (χ1) is 16.0. The Morgan fingerprint density at radius 3 is 2.58 bits per heavy atom. The maximum Gasteiger partial charge on any atom is 0.230 e. The van der Waals surface area contributed by atoms with Gasteiger partial charge in [-0.1, -0.05) is 6.42 Å². The number of aliphatic hydroxyl groups is 1. The Labute approximate surface area is 195 Å². The molecule has 4 aliphatic rings. The number of nitrogens with zero attached hydrogens (tertiary/aromatic N) is 3. The summed E-state index contributed by atoms with van der Waals surface area (Å²) < 4.78 is 0. The maximum absolute atomic E-state index is 13.6. The van der Waals surface area contributed by atoms with Crippen molar-refractivity contribution in [3.8, 4) is 6.07 Å². The summed E-state index contributed by atoms with van der Waals surface area (Å²) in [5.41, 5.74) is 1.69. The van der Waals surface area contributed by atoms with E-state index in [2.05, 4.69) is 21.2 Å². The standard InChI is InChI=1S/C26H34N4O3/c27-16-19-15-20(28-24(32)18-3-1-4-18)5-10-23(19)29-13-2-11-26(17-29)12-14-30(25(26)33)21-6-8-22(31)9-7-21/h5,10,15,18,21-22,31H,1-4,6-9,11-14,17H2,(H,28,32). The molecule has 1 aromatic carbocycles. The van der Waals surface area contributed by atoms with Crippen LogP contribution in [0.15, 0.2) is 18.2 Å². The van der Waals surface area contributed by atoms with Crippen molar-refractivity contribution in [3.05, 3.63) is 23.8 Å². The highest BCUT2D eigenvalue weighted by atomic mass is 16.3. The molecule has 1 atom stereocenters. The Balaban J connectivity index is 1.30. The molecule has 1 spiro atoms. The summed E-state index contributed by atoms with van der Waals surface area (Å²) in [6.07, 6.45) is 8.79. The Bertz CT molecular complexity index is 961. The molecule has 33 heavy (non-hydrogen) atoms. The highest BCUT2D eigenvalue weighted by Crippen LogP contribution is 2.44. The zero-order valence-corrected chi connectivity index (χ0v) is 19.3. The van der Waals surface area contributed by atoms with Crippen molar-refractivity contribution in [1.82, 2.24) is 4.90 Å². The van der Waals surface area contributed by atoms with Crippen LogP contribution in [-0.4, -0.2) is 53.6 Å². The van der Waals surface area contributed by atoms with E-state index in [0.29, 0.717) is 17.8 Å². The lowest BCUT2D eigenvalue weighted by molar-refractivity contribution is -0.139. The number of carbonyl (C=O) groups is 2. The largest absolute Gasteiger partial charge is 0.393 e. The number of piperidine rings is 1. The Kier molecular flexibility index (Phi) is 6.05. The molecule has 2 N–H and O–H groups in total. The first kappa shape index (κ1) is 22.2. The van der Waals surface area contributed by atoms with Crippen LogP contribution in [0.2, 0.25) is 0 Å². The van der Waals surface area contributed by atoms with E-state index in [-0.39, 0.29) is 35.3 Å². The summed E-state index contributed by atoms with van der Waals surface area (Å²) in [7, 11) is 0. The molecule has 7 heteroatoms. The molecule has 1 aromatic rings. The molecular formula is C26H34N4O3. The van der Waals surface area contributed by atoms with Crippen LogP contribution in [0.25, 0.3) is 0 Å². The van der Waals surface area contributed by atoms with Crippen molar-refractivity contribution in [2.75, 3.05) is 29.9 Å². The lowest BCUT2D eigenvalue weighted by atomic mass is 9.78. The van der Waals surface area contributed by atoms with Gasteiger partial charge in [0.2, 0.25) is 11.8 Å². The number of hydrogen-bond acceptors (Lipinski definition) is 5. The monoisotopic (exact) mass is 450 g/mol. The van der Waals surface area contributed by atoms with E-state index >= 15 is 0 Å². The van der Waals surface area contributed by atoms with Gasteiger partial charge < -0.3 is 20.2 Å². The molecule has 2 amide bonds. The normalized spacial score (nSPS) is 30.2. The second-order valence-electron chi connectivity index (χ2n) is 10.5. The van der Waals surface area contributed by atoms with Crippen LogP contribution >= 0.6 is 0 Å². The number of hydrogen-bond donors (Lipinski definition) is 2. The zero-order valence-electron chi connectivity index (χ0n) is 19.3. The zero-order chi connectivity index (χ0) is 23.0. The summed E-state index contributed by atoms with van der Waals surface area (Å²) in [6.45, 7) is 2.26. The lowest BCUT2D eigenvalue weighted by Gasteiger charge is -2.41. The summed E-state index contributed by atoms with van der Waals surface area (Å²) in [5.74, 6) is 0.402. The van der Waals surface area contributed by atoms with Crippen molar-refractivity contribution in [2.45, 2.75) is 76.4 Å². The quantitative estimate of drug-likeness (QED) is 0.733. The number of anilines is 2. The smallest absolute Gasteiger partial charge is 0.230 e. The van der Waals surface area contributed by atoms with Crippen LogP contribution in [0.5, 0.6) is 0 Å². The van der Waals surface area contributed by atoms with E-state index in [4.69, 9.17) is 0 Å². The van der Waals surface area contributed by atoms with Gasteiger partial charge in [-0.3, -0.25) is 9.59 Å². The van der Waals surface area contributed by atoms with Crippen molar-refractivity contribution in [3.63, 3.8) is 0 Å². The van der Waals surface area contributed by atoms with E-state index < -0.39 is 0 Å². The van der Waals surface area contributed by atoms with Gasteiger partial charge in [0.05, 0.1) is 22.8 Å². The van der Waals surface area contributed by atoms with Crippen LogP contribution < -0.4 is 10.2 Å². The van der Waals surface area contributed by atoms with Crippen LogP contribution in [0.4, 0.5) is 11.4 Å². The summed E-state index contributed by atoms with van der Waals surface area (Å²) >= 11 is 0. The average molecular weight is 451 g/mol. The average Bonchev–Trinajstić information content (AvgIpc) is 3.08. The third-order valence-corrected chi connectivity index (χ3v) is 8.43. The number of benzene rings is 1. The SMILES string of the molecule is N#Cc1cc(NC(=O)C2CCC2)ccc1N1CCCC2(CCN(C3CCC(O)CC3)C2=O)C1. The molecular weight excluding hydrogens is 416 g/mol. The molecule has 0 radical (unpaired) electrons. The van der Waals surface area contributed by atoms with Crippen molar-refractivity contribution in [2.24, 2.45) is 11.3 Å². The number of nitrogens with one attached hydrogen (secondary N) is 1. The number of rotatable bonds is 4. The highest BCUT2D eigenvalue weighted by Gasteiger charge is 2.50. The third kappa shape index (κ3) is 4.21. The number of likely N-dealkylation sites (tertiary alicyclic amines) is 1. The molecule has 2 saturated carbocycles. The molecule has 2 saturated heterocycles. The number of amides is 2. The van der Waals surface area contributed by atoms with Gasteiger partial charge in [0, 0.05) is 37.3 Å². The van der Waals surface area contributed by atoms with E-state index in [1.54, 1.807) is 6.07 Å². The minimum atomic E-state index is -0.377. The lowest BCUT2D eigenvalue weighted by Crippen LogP contribution is -2.50. The third-order valence-electron chi connectivity index (χ3n) is 8.43. The first-order valence-electron chi connectivity index (χ1n) is 12.6. The van der Waals surface area contributed by atoms with Gasteiger partial charge in [0.25, 0.3) is 0 Å². The number of aliphatic hydroxyl groups excluding tert-OH is 1. The minimum Gasteiger partial charge on any atom is -0.393 e. The van der Waals surface area contributed by atoms with Gasteiger partial charge in [-0.25, -0.2) is 0 Å². The van der Waals surface area contributed by atoms with Crippen molar-refractivity contribution < 1.29 is 14.7 Å². The number of nitriles is 1. The van der Waals surface area contributed by atoms with Crippen molar-refractivity contribution >= 4 is 23.2 Å².